The summed E-state index contributed by atoms with van der Waals surface area (Å²) in [6, 6.07) is 6.09. The van der Waals surface area contributed by atoms with Crippen LogP contribution in [-0.2, 0) is 11.3 Å². The zero-order valence-electron chi connectivity index (χ0n) is 11.6. The number of hydrogen-bond acceptors (Lipinski definition) is 3. The second-order valence-corrected chi connectivity index (χ2v) is 5.52. The molecule has 1 saturated heterocycles. The van der Waals surface area contributed by atoms with Crippen molar-refractivity contribution in [1.82, 2.24) is 14.3 Å². The Bertz CT molecular complexity index is 627. The summed E-state index contributed by atoms with van der Waals surface area (Å²) in [7, 11) is 0. The van der Waals surface area contributed by atoms with Crippen LogP contribution in [-0.4, -0.2) is 38.4 Å². The molecule has 1 N–H and O–H groups in total. The zero-order valence-corrected chi connectivity index (χ0v) is 11.6. The standard InChI is InChI=1S/C15H19N3O2/c1-11-3-2-4-14-16-13(10-18(11)14)9-17-7-5-12(6-8-17)15(19)20/h2-4,10,12H,5-9H2,1H3,(H,19,20). The molecule has 5 heteroatoms. The maximum absolute atomic E-state index is 10.9. The van der Waals surface area contributed by atoms with Crippen molar-refractivity contribution >= 4 is 11.6 Å². The van der Waals surface area contributed by atoms with Crippen molar-refractivity contribution in [1.29, 1.82) is 0 Å². The molecule has 0 aliphatic carbocycles. The van der Waals surface area contributed by atoms with Gasteiger partial charge in [-0.1, -0.05) is 6.07 Å². The number of carboxylic acids is 1. The maximum Gasteiger partial charge on any atom is 0.306 e. The van der Waals surface area contributed by atoms with Crippen LogP contribution in [0.1, 0.15) is 24.2 Å². The van der Waals surface area contributed by atoms with Crippen molar-refractivity contribution in [2.24, 2.45) is 5.92 Å². The highest BCUT2D eigenvalue weighted by molar-refractivity contribution is 5.70. The number of nitrogens with zero attached hydrogens (tertiary/aromatic N) is 3. The molecule has 0 atom stereocenters. The first-order chi connectivity index (χ1) is 9.63. The summed E-state index contributed by atoms with van der Waals surface area (Å²) in [5.41, 5.74) is 3.19. The fourth-order valence-electron chi connectivity index (χ4n) is 2.84. The van der Waals surface area contributed by atoms with Crippen LogP contribution in [0, 0.1) is 12.8 Å². The average Bonchev–Trinajstić information content (AvgIpc) is 2.83. The van der Waals surface area contributed by atoms with Gasteiger partial charge in [0.25, 0.3) is 0 Å². The molecule has 0 unspecified atom stereocenters. The third kappa shape index (κ3) is 2.54. The van der Waals surface area contributed by atoms with E-state index in [9.17, 15) is 4.79 Å². The fraction of sp³-hybridized carbons (Fsp3) is 0.467. The molecule has 0 amide bonds. The van der Waals surface area contributed by atoms with Crippen LogP contribution in [0.4, 0.5) is 0 Å². The van der Waals surface area contributed by atoms with Crippen molar-refractivity contribution < 1.29 is 9.90 Å². The van der Waals surface area contributed by atoms with Crippen LogP contribution in [0.25, 0.3) is 5.65 Å². The van der Waals surface area contributed by atoms with Gasteiger partial charge in [-0.2, -0.15) is 0 Å². The third-order valence-corrected chi connectivity index (χ3v) is 4.07. The minimum Gasteiger partial charge on any atom is -0.481 e. The van der Waals surface area contributed by atoms with E-state index in [4.69, 9.17) is 5.11 Å². The van der Waals surface area contributed by atoms with Gasteiger partial charge in [-0.15, -0.1) is 0 Å². The van der Waals surface area contributed by atoms with Crippen LogP contribution in [0.3, 0.4) is 0 Å². The molecule has 2 aromatic rings. The summed E-state index contributed by atoms with van der Waals surface area (Å²) < 4.78 is 2.10. The minimum atomic E-state index is -0.659. The number of carboxylic acid groups (broad SMARTS) is 1. The van der Waals surface area contributed by atoms with Gasteiger partial charge in [0.05, 0.1) is 11.6 Å². The van der Waals surface area contributed by atoms with E-state index < -0.39 is 5.97 Å². The van der Waals surface area contributed by atoms with E-state index in [0.29, 0.717) is 0 Å². The summed E-state index contributed by atoms with van der Waals surface area (Å²) >= 11 is 0. The number of imidazole rings is 1. The Kier molecular flexibility index (Phi) is 3.44. The number of likely N-dealkylation sites (tertiary alicyclic amines) is 1. The van der Waals surface area contributed by atoms with Gasteiger partial charge in [-0.3, -0.25) is 9.69 Å². The van der Waals surface area contributed by atoms with Gasteiger partial charge in [0, 0.05) is 18.4 Å². The third-order valence-electron chi connectivity index (χ3n) is 4.07. The van der Waals surface area contributed by atoms with E-state index in [2.05, 4.69) is 33.5 Å². The molecule has 3 rings (SSSR count). The van der Waals surface area contributed by atoms with Gasteiger partial charge >= 0.3 is 5.97 Å². The molecule has 0 radical (unpaired) electrons. The molecule has 0 bridgehead atoms. The number of aliphatic carboxylic acids is 1. The molecule has 3 heterocycles. The topological polar surface area (TPSA) is 57.8 Å². The largest absolute Gasteiger partial charge is 0.481 e. The summed E-state index contributed by atoms with van der Waals surface area (Å²) in [5.74, 6) is -0.831. The number of hydrogen-bond donors (Lipinski definition) is 1. The van der Waals surface area contributed by atoms with E-state index in [-0.39, 0.29) is 5.92 Å². The molecule has 1 fully saturated rings. The lowest BCUT2D eigenvalue weighted by Gasteiger charge is -2.29. The summed E-state index contributed by atoms with van der Waals surface area (Å²) in [5, 5.41) is 9.01. The van der Waals surface area contributed by atoms with Crippen molar-refractivity contribution in [2.45, 2.75) is 26.3 Å². The van der Waals surface area contributed by atoms with E-state index in [1.54, 1.807) is 0 Å². The number of piperidine rings is 1. The zero-order chi connectivity index (χ0) is 14.1. The molecule has 1 aliphatic heterocycles. The summed E-state index contributed by atoms with van der Waals surface area (Å²) in [6.45, 7) is 4.54. The Hall–Kier alpha value is -1.88. The highest BCUT2D eigenvalue weighted by Crippen LogP contribution is 2.19. The molecular weight excluding hydrogens is 254 g/mol. The number of carbonyl (C=O) groups is 1. The SMILES string of the molecule is Cc1cccc2nc(CN3CCC(C(=O)O)CC3)cn12. The fourth-order valence-corrected chi connectivity index (χ4v) is 2.84. The number of fused-ring (bicyclic) bond motifs is 1. The van der Waals surface area contributed by atoms with Crippen molar-refractivity contribution in [2.75, 3.05) is 13.1 Å². The first-order valence-corrected chi connectivity index (χ1v) is 7.02. The van der Waals surface area contributed by atoms with E-state index >= 15 is 0 Å². The number of rotatable bonds is 3. The van der Waals surface area contributed by atoms with Gasteiger partial charge < -0.3 is 9.51 Å². The van der Waals surface area contributed by atoms with Gasteiger partial charge in [-0.05, 0) is 45.0 Å². The molecule has 106 valence electrons. The Morgan fingerprint density at radius 1 is 1.40 bits per heavy atom. The average molecular weight is 273 g/mol. The van der Waals surface area contributed by atoms with Crippen molar-refractivity contribution in [3.8, 4) is 0 Å². The lowest BCUT2D eigenvalue weighted by molar-refractivity contribution is -0.143. The van der Waals surface area contributed by atoms with Gasteiger partial charge in [-0.25, -0.2) is 4.98 Å². The Balaban J connectivity index is 1.68. The quantitative estimate of drug-likeness (QED) is 0.928. The van der Waals surface area contributed by atoms with E-state index in [0.717, 1.165) is 43.8 Å². The van der Waals surface area contributed by atoms with Crippen LogP contribution < -0.4 is 0 Å². The smallest absolute Gasteiger partial charge is 0.306 e. The predicted octanol–water partition coefficient (Wildman–Crippen LogP) is 1.94. The predicted molar refractivity (Wildman–Crippen MR) is 75.6 cm³/mol. The van der Waals surface area contributed by atoms with E-state index in [1.165, 1.54) is 5.69 Å². The lowest BCUT2D eigenvalue weighted by atomic mass is 9.97. The Morgan fingerprint density at radius 2 is 2.15 bits per heavy atom. The lowest BCUT2D eigenvalue weighted by Crippen LogP contribution is -2.35. The maximum atomic E-state index is 10.9. The van der Waals surface area contributed by atoms with E-state index in [1.807, 2.05) is 12.1 Å². The number of aromatic nitrogens is 2. The first kappa shape index (κ1) is 13.1. The molecule has 0 spiro atoms. The second-order valence-electron chi connectivity index (χ2n) is 5.52. The first-order valence-electron chi connectivity index (χ1n) is 7.02. The second kappa shape index (κ2) is 5.25. The highest BCUT2D eigenvalue weighted by atomic mass is 16.4. The van der Waals surface area contributed by atoms with Crippen molar-refractivity contribution in [3.05, 3.63) is 35.8 Å². The van der Waals surface area contributed by atoms with Gasteiger partial charge in [0.2, 0.25) is 0 Å². The molecule has 20 heavy (non-hydrogen) atoms. The van der Waals surface area contributed by atoms with Crippen LogP contribution in [0.15, 0.2) is 24.4 Å². The van der Waals surface area contributed by atoms with Crippen LogP contribution >= 0.6 is 0 Å². The summed E-state index contributed by atoms with van der Waals surface area (Å²) in [6.07, 6.45) is 3.55. The number of pyridine rings is 1. The number of aryl methyl sites for hydroxylation is 1. The molecule has 0 saturated carbocycles. The minimum absolute atomic E-state index is 0.172. The highest BCUT2D eigenvalue weighted by Gasteiger charge is 2.24. The molecule has 5 nitrogen and oxygen atoms in total. The molecule has 0 aromatic carbocycles. The molecule has 1 aliphatic rings. The summed E-state index contributed by atoms with van der Waals surface area (Å²) in [4.78, 5) is 17.9. The normalized spacial score (nSPS) is 17.6. The Morgan fingerprint density at radius 3 is 2.80 bits per heavy atom. The monoisotopic (exact) mass is 273 g/mol. The van der Waals surface area contributed by atoms with Crippen LogP contribution in [0.2, 0.25) is 0 Å². The van der Waals surface area contributed by atoms with Crippen LogP contribution in [0.5, 0.6) is 0 Å². The Labute approximate surface area is 117 Å². The van der Waals surface area contributed by atoms with Crippen molar-refractivity contribution in [3.63, 3.8) is 0 Å². The van der Waals surface area contributed by atoms with Gasteiger partial charge in [0.15, 0.2) is 0 Å². The molecule has 2 aromatic heterocycles. The van der Waals surface area contributed by atoms with Gasteiger partial charge in [0.1, 0.15) is 5.65 Å². The molecular formula is C15H19N3O2.